The maximum absolute atomic E-state index is 13.3. The molecule has 0 radical (unpaired) electrons. The van der Waals surface area contributed by atoms with Crippen LogP contribution >= 0.6 is 0 Å². The predicted octanol–water partition coefficient (Wildman–Crippen LogP) is 5.09. The van der Waals surface area contributed by atoms with Gasteiger partial charge in [0, 0.05) is 35.3 Å². The zero-order chi connectivity index (χ0) is 26.5. The van der Waals surface area contributed by atoms with E-state index in [-0.39, 0.29) is 17.9 Å². The molecule has 0 aliphatic carbocycles. The number of amides is 2. The lowest BCUT2D eigenvalue weighted by Gasteiger charge is -2.17. The molecule has 0 bridgehead atoms. The molecule has 2 heterocycles. The fourth-order valence-corrected chi connectivity index (χ4v) is 4.85. The smallest absolute Gasteiger partial charge is 0.296 e. The Morgan fingerprint density at radius 1 is 1.00 bits per heavy atom. The number of nitrogens with zero attached hydrogens (tertiary/aromatic N) is 1. The lowest BCUT2D eigenvalue weighted by Crippen LogP contribution is -2.28. The molecule has 2 aliphatic rings. The first-order chi connectivity index (χ1) is 18.5. The summed E-state index contributed by atoms with van der Waals surface area (Å²) >= 11 is 0. The molecular weight excluding hydrogens is 472 g/mol. The molecular formula is C32H32N4O2. The van der Waals surface area contributed by atoms with Crippen LogP contribution in [0.2, 0.25) is 0 Å². The van der Waals surface area contributed by atoms with E-state index in [2.05, 4.69) is 57.0 Å². The van der Waals surface area contributed by atoms with Crippen molar-refractivity contribution < 1.29 is 9.59 Å². The fourth-order valence-electron chi connectivity index (χ4n) is 4.85. The van der Waals surface area contributed by atoms with Gasteiger partial charge in [-0.25, -0.2) is 0 Å². The number of hydrogen-bond acceptors (Lipinski definition) is 4. The summed E-state index contributed by atoms with van der Waals surface area (Å²) in [7, 11) is 0. The van der Waals surface area contributed by atoms with Gasteiger partial charge in [0.05, 0.1) is 17.0 Å². The summed E-state index contributed by atoms with van der Waals surface area (Å²) in [5.74, 6) is 5.00. The van der Waals surface area contributed by atoms with Crippen LogP contribution in [0.4, 0.5) is 11.4 Å². The van der Waals surface area contributed by atoms with Crippen molar-refractivity contribution in [3.63, 3.8) is 0 Å². The third kappa shape index (κ3) is 5.96. The highest BCUT2D eigenvalue weighted by Crippen LogP contribution is 2.38. The van der Waals surface area contributed by atoms with Crippen molar-refractivity contribution in [1.82, 2.24) is 10.2 Å². The van der Waals surface area contributed by atoms with Gasteiger partial charge in [-0.05, 0) is 75.2 Å². The standard InChI is InChI=1S/C32H32N4O2/c1-22(2)33-29(37)17-13-23-12-16-27-28(20-23)35-32(38)30(27)31(25-8-4-3-5-9-25)34-26-14-10-24(11-15-26)21-36-18-6-7-19-36/h3-5,8-12,14-16,20,22,34H,6-7,18-19,21H2,1-2H3,(H,33,37)(H,35,38). The number of anilines is 2. The number of hydrogen-bond donors (Lipinski definition) is 3. The molecule has 3 aromatic rings. The van der Waals surface area contributed by atoms with E-state index < -0.39 is 0 Å². The average molecular weight is 505 g/mol. The van der Waals surface area contributed by atoms with E-state index in [0.29, 0.717) is 16.8 Å². The quantitative estimate of drug-likeness (QED) is 0.323. The molecule has 0 unspecified atom stereocenters. The van der Waals surface area contributed by atoms with Crippen molar-refractivity contribution in [1.29, 1.82) is 0 Å². The molecule has 2 aliphatic heterocycles. The molecule has 0 saturated carbocycles. The average Bonchev–Trinajstić information content (AvgIpc) is 3.53. The lowest BCUT2D eigenvalue weighted by atomic mass is 9.99. The van der Waals surface area contributed by atoms with E-state index >= 15 is 0 Å². The van der Waals surface area contributed by atoms with Gasteiger partial charge in [0.2, 0.25) is 0 Å². The maximum Gasteiger partial charge on any atom is 0.296 e. The van der Waals surface area contributed by atoms with Crippen LogP contribution < -0.4 is 16.0 Å². The molecule has 0 aromatic heterocycles. The molecule has 192 valence electrons. The molecule has 0 spiro atoms. The highest BCUT2D eigenvalue weighted by atomic mass is 16.2. The number of benzene rings is 3. The summed E-state index contributed by atoms with van der Waals surface area (Å²) in [5, 5.41) is 9.27. The highest BCUT2D eigenvalue weighted by molar-refractivity contribution is 6.37. The van der Waals surface area contributed by atoms with E-state index in [9.17, 15) is 9.59 Å². The van der Waals surface area contributed by atoms with Gasteiger partial charge in [-0.1, -0.05) is 54.5 Å². The number of nitrogens with one attached hydrogen (secondary N) is 3. The fraction of sp³-hybridized carbons (Fsp3) is 0.250. The monoisotopic (exact) mass is 504 g/mol. The molecule has 1 saturated heterocycles. The third-order valence-corrected chi connectivity index (χ3v) is 6.64. The van der Waals surface area contributed by atoms with Crippen LogP contribution in [-0.2, 0) is 16.1 Å². The first-order valence-electron chi connectivity index (χ1n) is 13.1. The number of fused-ring (bicyclic) bond motifs is 1. The summed E-state index contributed by atoms with van der Waals surface area (Å²) < 4.78 is 0. The third-order valence-electron chi connectivity index (χ3n) is 6.64. The number of rotatable bonds is 6. The maximum atomic E-state index is 13.3. The molecule has 6 nitrogen and oxygen atoms in total. The van der Waals surface area contributed by atoms with Crippen LogP contribution in [0.5, 0.6) is 0 Å². The second-order valence-electron chi connectivity index (χ2n) is 10.0. The van der Waals surface area contributed by atoms with Gasteiger partial charge >= 0.3 is 0 Å². The molecule has 1 fully saturated rings. The van der Waals surface area contributed by atoms with Crippen molar-refractivity contribution in [2.45, 2.75) is 39.3 Å². The predicted molar refractivity (Wildman–Crippen MR) is 153 cm³/mol. The molecule has 38 heavy (non-hydrogen) atoms. The Balaban J connectivity index is 1.45. The van der Waals surface area contributed by atoms with Gasteiger partial charge in [0.15, 0.2) is 0 Å². The van der Waals surface area contributed by atoms with Gasteiger partial charge in [-0.3, -0.25) is 14.5 Å². The van der Waals surface area contributed by atoms with Crippen molar-refractivity contribution in [3.8, 4) is 11.8 Å². The highest BCUT2D eigenvalue weighted by Gasteiger charge is 2.28. The largest absolute Gasteiger partial charge is 0.354 e. The molecule has 5 rings (SSSR count). The molecule has 0 atom stereocenters. The van der Waals surface area contributed by atoms with Crippen molar-refractivity contribution in [2.24, 2.45) is 0 Å². The minimum atomic E-state index is -0.327. The molecule has 6 heteroatoms. The first kappa shape index (κ1) is 25.3. The summed E-state index contributed by atoms with van der Waals surface area (Å²) in [6.07, 6.45) is 2.55. The first-order valence-corrected chi connectivity index (χ1v) is 13.1. The van der Waals surface area contributed by atoms with Gasteiger partial charge in [0.1, 0.15) is 0 Å². The van der Waals surface area contributed by atoms with Crippen molar-refractivity contribution >= 4 is 34.5 Å². The normalized spacial score (nSPS) is 15.9. The Kier molecular flexibility index (Phi) is 7.57. The number of carbonyl (C=O) groups excluding carboxylic acids is 2. The van der Waals surface area contributed by atoms with Gasteiger partial charge < -0.3 is 16.0 Å². The summed E-state index contributed by atoms with van der Waals surface area (Å²) in [6.45, 7) is 7.07. The molecule has 3 aromatic carbocycles. The van der Waals surface area contributed by atoms with Gasteiger partial charge in [-0.2, -0.15) is 0 Å². The summed E-state index contributed by atoms with van der Waals surface area (Å²) in [5.41, 5.74) is 6.57. The molecule has 2 amide bonds. The summed E-state index contributed by atoms with van der Waals surface area (Å²) in [6, 6.07) is 23.9. The van der Waals surface area contributed by atoms with Gasteiger partial charge in [0.25, 0.3) is 11.8 Å². The lowest BCUT2D eigenvalue weighted by molar-refractivity contribution is -0.116. The Morgan fingerprint density at radius 3 is 2.45 bits per heavy atom. The Labute approximate surface area is 224 Å². The van der Waals surface area contributed by atoms with E-state index in [1.807, 2.05) is 62.4 Å². The van der Waals surface area contributed by atoms with Gasteiger partial charge in [-0.15, -0.1) is 0 Å². The second kappa shape index (κ2) is 11.4. The van der Waals surface area contributed by atoms with Crippen LogP contribution in [0, 0.1) is 11.8 Å². The van der Waals surface area contributed by atoms with Crippen molar-refractivity contribution in [3.05, 3.63) is 95.1 Å². The van der Waals surface area contributed by atoms with Crippen LogP contribution in [0.15, 0.2) is 72.8 Å². The topological polar surface area (TPSA) is 73.5 Å². The zero-order valence-electron chi connectivity index (χ0n) is 21.8. The SMILES string of the molecule is CC(C)NC(=O)C#Cc1ccc2c(c1)NC(=O)C2=C(Nc1ccc(CN2CCCC2)cc1)c1ccccc1. The van der Waals surface area contributed by atoms with E-state index in [0.717, 1.165) is 42.1 Å². The Bertz CT molecular complexity index is 1420. The van der Waals surface area contributed by atoms with Crippen molar-refractivity contribution in [2.75, 3.05) is 23.7 Å². The zero-order valence-corrected chi connectivity index (χ0v) is 21.8. The van der Waals surface area contributed by atoms with Crippen LogP contribution in [0.1, 0.15) is 48.9 Å². The van der Waals surface area contributed by atoms with Crippen LogP contribution in [0.3, 0.4) is 0 Å². The minimum absolute atomic E-state index is 0.0222. The number of likely N-dealkylation sites (tertiary alicyclic amines) is 1. The Morgan fingerprint density at radius 2 is 1.74 bits per heavy atom. The van der Waals surface area contributed by atoms with E-state index in [1.165, 1.54) is 18.4 Å². The van der Waals surface area contributed by atoms with Crippen LogP contribution in [0.25, 0.3) is 11.3 Å². The van der Waals surface area contributed by atoms with E-state index in [4.69, 9.17) is 0 Å². The summed E-state index contributed by atoms with van der Waals surface area (Å²) in [4.78, 5) is 27.7. The Hall–Kier alpha value is -4.34. The number of carbonyl (C=O) groups is 2. The van der Waals surface area contributed by atoms with Crippen LogP contribution in [-0.4, -0.2) is 35.8 Å². The second-order valence-corrected chi connectivity index (χ2v) is 10.0. The molecule has 3 N–H and O–H groups in total. The minimum Gasteiger partial charge on any atom is -0.354 e. The van der Waals surface area contributed by atoms with E-state index in [1.54, 1.807) is 0 Å².